The second-order valence-electron chi connectivity index (χ2n) is 5.61. The molecule has 1 unspecified atom stereocenters. The summed E-state index contributed by atoms with van der Waals surface area (Å²) in [6, 6.07) is 3.01. The van der Waals surface area contributed by atoms with Crippen LogP contribution in [0.4, 0.5) is 4.39 Å². The second-order valence-corrected chi connectivity index (χ2v) is 6.27. The van der Waals surface area contributed by atoms with Gasteiger partial charge in [0.1, 0.15) is 5.82 Å². The van der Waals surface area contributed by atoms with Crippen LogP contribution in [0.5, 0.6) is 5.75 Å². The molecule has 0 bridgehead atoms. The first-order valence-corrected chi connectivity index (χ1v) is 7.15. The first-order chi connectivity index (χ1) is 9.79. The van der Waals surface area contributed by atoms with Gasteiger partial charge in [0, 0.05) is 19.2 Å². The molecule has 6 heteroatoms. The van der Waals surface area contributed by atoms with Crippen LogP contribution < -0.4 is 4.74 Å². The molecule has 0 saturated carbocycles. The molecule has 0 aliphatic heterocycles. The summed E-state index contributed by atoms with van der Waals surface area (Å²) in [5.74, 6) is 0.437. The second kappa shape index (κ2) is 5.81. The highest BCUT2D eigenvalue weighted by Gasteiger charge is 2.24. The van der Waals surface area contributed by atoms with Crippen molar-refractivity contribution >= 4 is 22.6 Å². The van der Waals surface area contributed by atoms with Crippen molar-refractivity contribution in [3.05, 3.63) is 23.8 Å². The zero-order chi connectivity index (χ0) is 15.8. The number of halogens is 2. The lowest BCUT2D eigenvalue weighted by atomic mass is 10.1. The van der Waals surface area contributed by atoms with Gasteiger partial charge >= 0.3 is 0 Å². The van der Waals surface area contributed by atoms with Crippen LogP contribution in [0.2, 0.25) is 0 Å². The van der Waals surface area contributed by atoms with Crippen molar-refractivity contribution < 1.29 is 13.9 Å². The molecule has 21 heavy (non-hydrogen) atoms. The van der Waals surface area contributed by atoms with E-state index in [0.29, 0.717) is 17.9 Å². The number of methoxy groups -OCH3 is 2. The average Bonchev–Trinajstić information content (AvgIpc) is 2.75. The molecular weight excluding hydrogens is 295 g/mol. The standard InChI is InChI=1S/C15H20ClFN2O2/c1-9(16)14-18-11-6-10(17)13(20-4)7-12(11)19(14)8-15(2,3)21-5/h6-7,9H,8H2,1-5H3. The van der Waals surface area contributed by atoms with Gasteiger partial charge in [-0.25, -0.2) is 9.37 Å². The van der Waals surface area contributed by atoms with Crippen LogP contribution in [-0.2, 0) is 11.3 Å². The molecule has 1 aromatic heterocycles. The molecule has 2 rings (SSSR count). The first kappa shape index (κ1) is 16.0. The van der Waals surface area contributed by atoms with Crippen molar-refractivity contribution in [2.75, 3.05) is 14.2 Å². The SMILES string of the molecule is COc1cc2c(cc1F)nc(C(C)Cl)n2CC(C)(C)OC. The quantitative estimate of drug-likeness (QED) is 0.785. The Hall–Kier alpha value is -1.33. The maximum atomic E-state index is 13.8. The van der Waals surface area contributed by atoms with Crippen LogP contribution in [0.1, 0.15) is 32.0 Å². The lowest BCUT2D eigenvalue weighted by molar-refractivity contribution is 0.00842. The summed E-state index contributed by atoms with van der Waals surface area (Å²) in [7, 11) is 3.10. The lowest BCUT2D eigenvalue weighted by Crippen LogP contribution is -2.30. The molecule has 0 fully saturated rings. The predicted octanol–water partition coefficient (Wildman–Crippen LogP) is 3.91. The van der Waals surface area contributed by atoms with Crippen LogP contribution >= 0.6 is 11.6 Å². The summed E-state index contributed by atoms with van der Waals surface area (Å²) in [4.78, 5) is 4.45. The van der Waals surface area contributed by atoms with Crippen molar-refractivity contribution in [2.24, 2.45) is 0 Å². The molecular formula is C15H20ClFN2O2. The molecule has 0 saturated heterocycles. The minimum Gasteiger partial charge on any atom is -0.494 e. The van der Waals surface area contributed by atoms with E-state index in [1.54, 1.807) is 13.2 Å². The van der Waals surface area contributed by atoms with E-state index < -0.39 is 11.4 Å². The molecule has 1 atom stereocenters. The van der Waals surface area contributed by atoms with Crippen molar-refractivity contribution in [3.63, 3.8) is 0 Å². The Kier molecular flexibility index (Phi) is 4.44. The fraction of sp³-hybridized carbons (Fsp3) is 0.533. The molecule has 2 aromatic rings. The number of imidazole rings is 1. The summed E-state index contributed by atoms with van der Waals surface area (Å²) < 4.78 is 26.3. The minimum atomic E-state index is -0.436. The molecule has 0 spiro atoms. The molecule has 1 heterocycles. The normalized spacial score (nSPS) is 13.7. The third kappa shape index (κ3) is 3.14. The number of hydrogen-bond donors (Lipinski definition) is 0. The van der Waals surface area contributed by atoms with Gasteiger partial charge in [-0.3, -0.25) is 0 Å². The van der Waals surface area contributed by atoms with E-state index in [9.17, 15) is 4.39 Å². The maximum Gasteiger partial charge on any atom is 0.167 e. The third-order valence-electron chi connectivity index (χ3n) is 3.50. The summed E-state index contributed by atoms with van der Waals surface area (Å²) in [6.45, 7) is 6.35. The summed E-state index contributed by atoms with van der Waals surface area (Å²) in [5, 5.41) is -0.292. The Bertz CT molecular complexity index is 653. The Balaban J connectivity index is 2.66. The molecule has 4 nitrogen and oxygen atoms in total. The van der Waals surface area contributed by atoms with Gasteiger partial charge < -0.3 is 14.0 Å². The number of fused-ring (bicyclic) bond motifs is 1. The smallest absolute Gasteiger partial charge is 0.167 e. The van der Waals surface area contributed by atoms with E-state index in [1.165, 1.54) is 13.2 Å². The van der Waals surface area contributed by atoms with E-state index in [1.807, 2.05) is 25.3 Å². The molecule has 0 N–H and O–H groups in total. The number of alkyl halides is 1. The number of hydrogen-bond acceptors (Lipinski definition) is 3. The van der Waals surface area contributed by atoms with E-state index in [4.69, 9.17) is 21.1 Å². The van der Waals surface area contributed by atoms with Crippen LogP contribution in [0.3, 0.4) is 0 Å². The number of benzene rings is 1. The minimum absolute atomic E-state index is 0.188. The lowest BCUT2D eigenvalue weighted by Gasteiger charge is -2.25. The van der Waals surface area contributed by atoms with Gasteiger partial charge in [-0.15, -0.1) is 11.6 Å². The van der Waals surface area contributed by atoms with Crippen LogP contribution in [0, 0.1) is 5.82 Å². The van der Waals surface area contributed by atoms with Crippen molar-refractivity contribution in [1.82, 2.24) is 9.55 Å². The molecule has 1 aromatic carbocycles. The Morgan fingerprint density at radius 3 is 2.57 bits per heavy atom. The van der Waals surface area contributed by atoms with Gasteiger partial charge in [-0.05, 0) is 20.8 Å². The van der Waals surface area contributed by atoms with Gasteiger partial charge in [-0.1, -0.05) is 0 Å². The maximum absolute atomic E-state index is 13.8. The van der Waals surface area contributed by atoms with E-state index in [0.717, 1.165) is 5.52 Å². The molecule has 0 radical (unpaired) electrons. The average molecular weight is 315 g/mol. The fourth-order valence-electron chi connectivity index (χ4n) is 2.22. The Labute approximate surface area is 128 Å². The fourth-order valence-corrected chi connectivity index (χ4v) is 2.38. The number of ether oxygens (including phenoxy) is 2. The highest BCUT2D eigenvalue weighted by molar-refractivity contribution is 6.20. The topological polar surface area (TPSA) is 36.3 Å². The van der Waals surface area contributed by atoms with Crippen LogP contribution in [0.25, 0.3) is 11.0 Å². The summed E-state index contributed by atoms with van der Waals surface area (Å²) >= 11 is 6.22. The van der Waals surface area contributed by atoms with E-state index in [-0.39, 0.29) is 11.1 Å². The number of nitrogens with zero attached hydrogens (tertiary/aromatic N) is 2. The molecule has 0 aliphatic carbocycles. The predicted molar refractivity (Wildman–Crippen MR) is 81.6 cm³/mol. The van der Waals surface area contributed by atoms with Crippen molar-refractivity contribution in [2.45, 2.75) is 38.3 Å². The summed E-state index contributed by atoms with van der Waals surface area (Å²) in [5.41, 5.74) is 0.944. The van der Waals surface area contributed by atoms with Gasteiger partial charge in [0.25, 0.3) is 0 Å². The molecule has 0 aliphatic rings. The first-order valence-electron chi connectivity index (χ1n) is 6.72. The summed E-state index contributed by atoms with van der Waals surface area (Å²) in [6.07, 6.45) is 0. The Morgan fingerprint density at radius 2 is 2.05 bits per heavy atom. The number of aromatic nitrogens is 2. The highest BCUT2D eigenvalue weighted by atomic mass is 35.5. The van der Waals surface area contributed by atoms with E-state index >= 15 is 0 Å². The zero-order valence-electron chi connectivity index (χ0n) is 12.9. The van der Waals surface area contributed by atoms with Crippen LogP contribution in [0.15, 0.2) is 12.1 Å². The number of rotatable bonds is 5. The highest BCUT2D eigenvalue weighted by Crippen LogP contribution is 2.30. The van der Waals surface area contributed by atoms with Gasteiger partial charge in [-0.2, -0.15) is 0 Å². The third-order valence-corrected chi connectivity index (χ3v) is 3.69. The van der Waals surface area contributed by atoms with Crippen molar-refractivity contribution in [1.29, 1.82) is 0 Å². The van der Waals surface area contributed by atoms with Gasteiger partial charge in [0.05, 0.1) is 35.7 Å². The molecule has 116 valence electrons. The van der Waals surface area contributed by atoms with Crippen molar-refractivity contribution in [3.8, 4) is 5.75 Å². The van der Waals surface area contributed by atoms with Gasteiger partial charge in [0.2, 0.25) is 0 Å². The molecule has 0 amide bonds. The van der Waals surface area contributed by atoms with Crippen LogP contribution in [-0.4, -0.2) is 29.4 Å². The monoisotopic (exact) mass is 314 g/mol. The largest absolute Gasteiger partial charge is 0.494 e. The van der Waals surface area contributed by atoms with E-state index in [2.05, 4.69) is 4.98 Å². The van der Waals surface area contributed by atoms with Gasteiger partial charge in [0.15, 0.2) is 11.6 Å². The zero-order valence-corrected chi connectivity index (χ0v) is 13.7. The Morgan fingerprint density at radius 1 is 1.38 bits per heavy atom.